The predicted octanol–water partition coefficient (Wildman–Crippen LogP) is 3.77. The van der Waals surface area contributed by atoms with Crippen molar-refractivity contribution in [2.75, 3.05) is 43.4 Å². The second-order valence-electron chi connectivity index (χ2n) is 6.70. The fourth-order valence-electron chi connectivity index (χ4n) is 3.70. The molecule has 0 saturated carbocycles. The molecule has 2 heterocycles. The number of aromatic nitrogens is 1. The Morgan fingerprint density at radius 2 is 1.85 bits per heavy atom. The first-order valence-corrected chi connectivity index (χ1v) is 9.08. The van der Waals surface area contributed by atoms with E-state index in [4.69, 9.17) is 10.7 Å². The highest BCUT2D eigenvalue weighted by molar-refractivity contribution is 6.02. The summed E-state index contributed by atoms with van der Waals surface area (Å²) in [5.74, 6) is 0.638. The zero-order valence-electron chi connectivity index (χ0n) is 15.0. The maximum atomic E-state index is 14.8. The van der Waals surface area contributed by atoms with Crippen LogP contribution >= 0.6 is 0 Å². The van der Waals surface area contributed by atoms with Gasteiger partial charge in [-0.1, -0.05) is 31.2 Å². The van der Waals surface area contributed by atoms with Crippen LogP contribution in [0.5, 0.6) is 0 Å². The number of nitrogens with zero attached hydrogens (tertiary/aromatic N) is 3. The van der Waals surface area contributed by atoms with Crippen LogP contribution in [0.1, 0.15) is 6.92 Å². The lowest BCUT2D eigenvalue weighted by Gasteiger charge is -2.35. The van der Waals surface area contributed by atoms with E-state index in [1.54, 1.807) is 12.3 Å². The maximum absolute atomic E-state index is 14.8. The third kappa shape index (κ3) is 2.99. The molecule has 1 aliphatic heterocycles. The molecular weight excluding hydrogens is 327 g/mol. The third-order valence-corrected chi connectivity index (χ3v) is 5.16. The van der Waals surface area contributed by atoms with Gasteiger partial charge in [-0.2, -0.15) is 0 Å². The number of nitrogen functional groups attached to an aromatic ring is 1. The molecule has 4 nitrogen and oxygen atoms in total. The number of benzene rings is 2. The smallest absolute Gasteiger partial charge is 0.136 e. The quantitative estimate of drug-likeness (QED) is 0.731. The molecule has 0 spiro atoms. The number of pyridine rings is 1. The molecule has 0 radical (unpaired) electrons. The lowest BCUT2D eigenvalue weighted by atomic mass is 9.99. The fraction of sp³-hybridized carbons (Fsp3) is 0.286. The SMILES string of the molecule is CCN1CCN(c2ncc(-c3cccc(N)c3)c3c(F)cccc23)CC1. The Bertz CT molecular complexity index is 932. The largest absolute Gasteiger partial charge is 0.399 e. The van der Waals surface area contributed by atoms with Crippen molar-refractivity contribution in [2.24, 2.45) is 0 Å². The first-order chi connectivity index (χ1) is 12.7. The van der Waals surface area contributed by atoms with Crippen LogP contribution in [0, 0.1) is 5.82 Å². The van der Waals surface area contributed by atoms with Crippen LogP contribution in [-0.4, -0.2) is 42.6 Å². The van der Waals surface area contributed by atoms with Crippen LogP contribution in [0.4, 0.5) is 15.9 Å². The van der Waals surface area contributed by atoms with Crippen molar-refractivity contribution in [1.29, 1.82) is 0 Å². The number of fused-ring (bicyclic) bond motifs is 1. The van der Waals surface area contributed by atoms with Crippen LogP contribution in [0.25, 0.3) is 21.9 Å². The van der Waals surface area contributed by atoms with Gasteiger partial charge in [0.05, 0.1) is 0 Å². The van der Waals surface area contributed by atoms with Crippen molar-refractivity contribution in [3.63, 3.8) is 0 Å². The third-order valence-electron chi connectivity index (χ3n) is 5.16. The molecule has 5 heteroatoms. The highest BCUT2D eigenvalue weighted by Gasteiger charge is 2.21. The van der Waals surface area contributed by atoms with E-state index in [0.29, 0.717) is 11.1 Å². The van der Waals surface area contributed by atoms with Crippen molar-refractivity contribution in [1.82, 2.24) is 9.88 Å². The summed E-state index contributed by atoms with van der Waals surface area (Å²) >= 11 is 0. The summed E-state index contributed by atoms with van der Waals surface area (Å²) in [6.45, 7) is 7.07. The van der Waals surface area contributed by atoms with Gasteiger partial charge < -0.3 is 15.5 Å². The topological polar surface area (TPSA) is 45.4 Å². The number of hydrogen-bond donors (Lipinski definition) is 1. The molecule has 1 fully saturated rings. The van der Waals surface area contributed by atoms with E-state index in [1.165, 1.54) is 6.07 Å². The van der Waals surface area contributed by atoms with Gasteiger partial charge in [0, 0.05) is 54.4 Å². The number of nitrogens with two attached hydrogens (primary N) is 1. The summed E-state index contributed by atoms with van der Waals surface area (Å²) in [5, 5.41) is 1.47. The molecule has 0 bridgehead atoms. The fourth-order valence-corrected chi connectivity index (χ4v) is 3.70. The van der Waals surface area contributed by atoms with Crippen molar-refractivity contribution in [3.8, 4) is 11.1 Å². The molecule has 1 aromatic heterocycles. The van der Waals surface area contributed by atoms with Crippen molar-refractivity contribution in [2.45, 2.75) is 6.92 Å². The second-order valence-corrected chi connectivity index (χ2v) is 6.70. The number of anilines is 2. The molecule has 26 heavy (non-hydrogen) atoms. The van der Waals surface area contributed by atoms with Crippen LogP contribution in [0.15, 0.2) is 48.7 Å². The minimum Gasteiger partial charge on any atom is -0.399 e. The summed E-state index contributed by atoms with van der Waals surface area (Å²) in [4.78, 5) is 9.41. The van der Waals surface area contributed by atoms with Crippen LogP contribution in [-0.2, 0) is 0 Å². The Kier molecular flexibility index (Phi) is 4.47. The summed E-state index contributed by atoms with van der Waals surface area (Å²) in [5.41, 5.74) is 8.25. The Morgan fingerprint density at radius 1 is 1.08 bits per heavy atom. The van der Waals surface area contributed by atoms with E-state index in [2.05, 4.69) is 16.7 Å². The zero-order chi connectivity index (χ0) is 18.1. The van der Waals surface area contributed by atoms with E-state index < -0.39 is 0 Å². The predicted molar refractivity (Wildman–Crippen MR) is 106 cm³/mol. The highest BCUT2D eigenvalue weighted by atomic mass is 19.1. The molecule has 0 amide bonds. The van der Waals surface area contributed by atoms with E-state index in [-0.39, 0.29) is 5.82 Å². The van der Waals surface area contributed by atoms with Gasteiger partial charge in [0.15, 0.2) is 0 Å². The van der Waals surface area contributed by atoms with Crippen molar-refractivity contribution >= 4 is 22.3 Å². The summed E-state index contributed by atoms with van der Waals surface area (Å²) in [7, 11) is 0. The van der Waals surface area contributed by atoms with Gasteiger partial charge in [-0.15, -0.1) is 0 Å². The van der Waals surface area contributed by atoms with Crippen LogP contribution in [0.3, 0.4) is 0 Å². The van der Waals surface area contributed by atoms with Crippen LogP contribution in [0.2, 0.25) is 0 Å². The monoisotopic (exact) mass is 350 g/mol. The molecule has 0 aliphatic carbocycles. The maximum Gasteiger partial charge on any atom is 0.136 e. The normalized spacial score (nSPS) is 15.5. The summed E-state index contributed by atoms with van der Waals surface area (Å²) < 4.78 is 14.8. The number of halogens is 1. The standard InChI is InChI=1S/C21H23FN4/c1-2-25-9-11-26(12-10-25)21-17-7-4-8-19(22)20(17)18(14-24-21)15-5-3-6-16(23)13-15/h3-8,13-14H,2,9-12,23H2,1H3. The molecule has 4 rings (SSSR count). The first-order valence-electron chi connectivity index (χ1n) is 9.08. The van der Waals surface area contributed by atoms with Gasteiger partial charge >= 0.3 is 0 Å². The van der Waals surface area contributed by atoms with E-state index in [0.717, 1.165) is 55.1 Å². The minimum absolute atomic E-state index is 0.226. The van der Waals surface area contributed by atoms with Gasteiger partial charge in [-0.05, 0) is 30.3 Å². The summed E-state index contributed by atoms with van der Waals surface area (Å²) in [6, 6.07) is 12.8. The molecule has 134 valence electrons. The Labute approximate surface area is 153 Å². The lowest BCUT2D eigenvalue weighted by Crippen LogP contribution is -2.46. The highest BCUT2D eigenvalue weighted by Crippen LogP contribution is 2.35. The molecule has 0 atom stereocenters. The molecule has 1 saturated heterocycles. The Morgan fingerprint density at radius 3 is 2.58 bits per heavy atom. The molecule has 1 aliphatic rings. The van der Waals surface area contributed by atoms with E-state index in [9.17, 15) is 4.39 Å². The van der Waals surface area contributed by atoms with Crippen molar-refractivity contribution in [3.05, 3.63) is 54.5 Å². The average Bonchev–Trinajstić information content (AvgIpc) is 2.67. The molecule has 3 aromatic rings. The molecular formula is C21H23FN4. The minimum atomic E-state index is -0.226. The molecule has 0 unspecified atom stereocenters. The molecule has 2 aromatic carbocycles. The number of hydrogen-bond acceptors (Lipinski definition) is 4. The number of likely N-dealkylation sites (N-methyl/N-ethyl adjacent to an activating group) is 1. The number of piperazine rings is 1. The van der Waals surface area contributed by atoms with Gasteiger partial charge in [0.1, 0.15) is 11.6 Å². The van der Waals surface area contributed by atoms with E-state index >= 15 is 0 Å². The Hall–Kier alpha value is -2.66. The Balaban J connectivity index is 1.83. The lowest BCUT2D eigenvalue weighted by molar-refractivity contribution is 0.271. The molecule has 2 N–H and O–H groups in total. The van der Waals surface area contributed by atoms with Gasteiger partial charge in [-0.25, -0.2) is 9.37 Å². The van der Waals surface area contributed by atoms with Gasteiger partial charge in [-0.3, -0.25) is 0 Å². The van der Waals surface area contributed by atoms with Gasteiger partial charge in [0.2, 0.25) is 0 Å². The average molecular weight is 350 g/mol. The zero-order valence-corrected chi connectivity index (χ0v) is 15.0. The second kappa shape index (κ2) is 6.92. The first kappa shape index (κ1) is 16.8. The van der Waals surface area contributed by atoms with Crippen LogP contribution < -0.4 is 10.6 Å². The van der Waals surface area contributed by atoms with Gasteiger partial charge in [0.25, 0.3) is 0 Å². The summed E-state index contributed by atoms with van der Waals surface area (Å²) in [6.07, 6.45) is 1.78. The van der Waals surface area contributed by atoms with E-state index in [1.807, 2.05) is 30.3 Å². The number of rotatable bonds is 3. The van der Waals surface area contributed by atoms with Crippen molar-refractivity contribution < 1.29 is 4.39 Å².